The van der Waals surface area contributed by atoms with Crippen molar-refractivity contribution in [1.82, 2.24) is 9.88 Å². The van der Waals surface area contributed by atoms with E-state index in [1.54, 1.807) is 60.8 Å². The molecule has 0 aliphatic carbocycles. The number of hydrogen-bond donors (Lipinski definition) is 1. The molecular weight excluding hydrogens is 423 g/mol. The van der Waals surface area contributed by atoms with E-state index in [0.717, 1.165) is 6.42 Å². The van der Waals surface area contributed by atoms with E-state index >= 15 is 0 Å². The van der Waals surface area contributed by atoms with Gasteiger partial charge in [-0.15, -0.1) is 0 Å². The third-order valence-corrected chi connectivity index (χ3v) is 5.35. The summed E-state index contributed by atoms with van der Waals surface area (Å²) in [6, 6.07) is 16.7. The summed E-state index contributed by atoms with van der Waals surface area (Å²) in [7, 11) is 0. The summed E-state index contributed by atoms with van der Waals surface area (Å²) < 4.78 is 19.0. The number of hydrogen-bond acceptors (Lipinski definition) is 5. The predicted octanol–water partition coefficient (Wildman–Crippen LogP) is 4.63. The molecule has 1 N–H and O–H groups in total. The van der Waals surface area contributed by atoms with Crippen LogP contribution in [-0.2, 0) is 16.1 Å². The van der Waals surface area contributed by atoms with Crippen LogP contribution in [0, 0.1) is 5.82 Å². The van der Waals surface area contributed by atoms with Crippen LogP contribution in [0.4, 0.5) is 4.39 Å². The lowest BCUT2D eigenvalue weighted by molar-refractivity contribution is -0.140. The molecule has 1 aliphatic heterocycles. The van der Waals surface area contributed by atoms with Crippen LogP contribution in [0.1, 0.15) is 36.2 Å². The maximum atomic E-state index is 13.4. The second-order valence-corrected chi connectivity index (χ2v) is 7.68. The van der Waals surface area contributed by atoms with Gasteiger partial charge in [-0.1, -0.05) is 37.3 Å². The molecule has 33 heavy (non-hydrogen) atoms. The first-order chi connectivity index (χ1) is 16.0. The molecule has 1 saturated heterocycles. The predicted molar refractivity (Wildman–Crippen MR) is 121 cm³/mol. The zero-order valence-corrected chi connectivity index (χ0v) is 18.1. The molecule has 1 aromatic heterocycles. The van der Waals surface area contributed by atoms with Gasteiger partial charge in [0.2, 0.25) is 0 Å². The van der Waals surface area contributed by atoms with Crippen LogP contribution < -0.4 is 4.74 Å². The molecule has 168 valence electrons. The van der Waals surface area contributed by atoms with Crippen molar-refractivity contribution in [3.05, 3.63) is 101 Å². The van der Waals surface area contributed by atoms with Gasteiger partial charge >= 0.3 is 0 Å². The molecule has 0 spiro atoms. The number of aliphatic hydroxyl groups excluding tert-OH is 1. The molecule has 7 heteroatoms. The maximum Gasteiger partial charge on any atom is 0.296 e. The molecule has 0 saturated carbocycles. The van der Waals surface area contributed by atoms with Crippen molar-refractivity contribution in [1.29, 1.82) is 0 Å². The van der Waals surface area contributed by atoms with Gasteiger partial charge in [-0.2, -0.15) is 0 Å². The smallest absolute Gasteiger partial charge is 0.296 e. The lowest BCUT2D eigenvalue weighted by Gasteiger charge is -2.24. The monoisotopic (exact) mass is 446 g/mol. The Morgan fingerprint density at radius 3 is 2.58 bits per heavy atom. The highest BCUT2D eigenvalue weighted by Gasteiger charge is 2.46. The largest absolute Gasteiger partial charge is 0.507 e. The van der Waals surface area contributed by atoms with Gasteiger partial charge in [0.05, 0.1) is 17.9 Å². The summed E-state index contributed by atoms with van der Waals surface area (Å²) in [5, 5.41) is 11.2. The molecule has 1 atom stereocenters. The minimum Gasteiger partial charge on any atom is -0.507 e. The fourth-order valence-electron chi connectivity index (χ4n) is 3.78. The molecule has 1 amide bonds. The topological polar surface area (TPSA) is 79.7 Å². The molecule has 1 fully saturated rings. The summed E-state index contributed by atoms with van der Waals surface area (Å²) in [6.45, 7) is 2.56. The Kier molecular flexibility index (Phi) is 6.49. The number of rotatable bonds is 7. The Hall–Kier alpha value is -4.00. The number of aromatic nitrogens is 1. The number of halogens is 1. The average molecular weight is 446 g/mol. The van der Waals surface area contributed by atoms with Crippen LogP contribution in [0.5, 0.6) is 5.75 Å². The van der Waals surface area contributed by atoms with Gasteiger partial charge < -0.3 is 14.7 Å². The van der Waals surface area contributed by atoms with Gasteiger partial charge in [0, 0.05) is 18.3 Å². The number of benzene rings is 2. The van der Waals surface area contributed by atoms with Crippen molar-refractivity contribution >= 4 is 17.4 Å². The number of ketones is 1. The number of nitrogens with zero attached hydrogens (tertiary/aromatic N) is 2. The third kappa shape index (κ3) is 4.62. The van der Waals surface area contributed by atoms with E-state index < -0.39 is 23.5 Å². The third-order valence-electron chi connectivity index (χ3n) is 5.35. The minimum atomic E-state index is -0.892. The van der Waals surface area contributed by atoms with Crippen LogP contribution in [0.2, 0.25) is 0 Å². The highest BCUT2D eigenvalue weighted by Crippen LogP contribution is 2.39. The standard InChI is InChI=1S/C26H23FN2O4/c1-2-14-33-20-7-5-6-18(15-20)24(30)22-23(21-8-3-4-13-28-21)29(26(32)25(22)31)16-17-9-11-19(27)12-10-17/h3-13,15,23,30H,2,14,16H2,1H3/b24-22-. The van der Waals surface area contributed by atoms with E-state index in [2.05, 4.69) is 4.98 Å². The molecule has 0 radical (unpaired) electrons. The highest BCUT2D eigenvalue weighted by atomic mass is 19.1. The summed E-state index contributed by atoms with van der Waals surface area (Å²) in [5.41, 5.74) is 1.41. The van der Waals surface area contributed by atoms with E-state index in [9.17, 15) is 19.1 Å². The zero-order chi connectivity index (χ0) is 23.4. The van der Waals surface area contributed by atoms with Crippen LogP contribution in [0.15, 0.2) is 78.5 Å². The van der Waals surface area contributed by atoms with Crippen molar-refractivity contribution in [2.75, 3.05) is 6.61 Å². The SMILES string of the molecule is CCCOc1cccc(/C(O)=C2/C(=O)C(=O)N(Cc3ccc(F)cc3)C2c2ccccn2)c1. The maximum absolute atomic E-state index is 13.4. The number of aliphatic hydroxyl groups is 1. The zero-order valence-electron chi connectivity index (χ0n) is 18.1. The highest BCUT2D eigenvalue weighted by molar-refractivity contribution is 6.46. The molecule has 0 bridgehead atoms. The number of Topliss-reactive ketones (excluding diaryl/α,β-unsaturated/α-hetero) is 1. The van der Waals surface area contributed by atoms with Gasteiger partial charge in [-0.25, -0.2) is 4.39 Å². The van der Waals surface area contributed by atoms with Crippen molar-refractivity contribution in [2.45, 2.75) is 25.9 Å². The Morgan fingerprint density at radius 1 is 1.09 bits per heavy atom. The first kappa shape index (κ1) is 22.2. The lowest BCUT2D eigenvalue weighted by Crippen LogP contribution is -2.29. The van der Waals surface area contributed by atoms with Gasteiger partial charge in [-0.05, 0) is 48.4 Å². The quantitative estimate of drug-likeness (QED) is 0.325. The second-order valence-electron chi connectivity index (χ2n) is 7.68. The molecule has 2 heterocycles. The molecule has 2 aromatic carbocycles. The summed E-state index contributed by atoms with van der Waals surface area (Å²) in [5.74, 6) is -1.70. The van der Waals surface area contributed by atoms with Gasteiger partial charge in [0.1, 0.15) is 23.4 Å². The normalized spacial score (nSPS) is 17.4. The number of carbonyl (C=O) groups is 2. The minimum absolute atomic E-state index is 0.0477. The lowest BCUT2D eigenvalue weighted by atomic mass is 9.98. The fourth-order valence-corrected chi connectivity index (χ4v) is 3.78. The molecule has 3 aromatic rings. The van der Waals surface area contributed by atoms with E-state index in [-0.39, 0.29) is 17.9 Å². The van der Waals surface area contributed by atoms with Crippen LogP contribution in [-0.4, -0.2) is 33.3 Å². The van der Waals surface area contributed by atoms with Crippen LogP contribution in [0.3, 0.4) is 0 Å². The van der Waals surface area contributed by atoms with E-state index in [1.165, 1.54) is 17.0 Å². The molecule has 1 unspecified atom stereocenters. The van der Waals surface area contributed by atoms with Crippen molar-refractivity contribution in [3.8, 4) is 5.75 Å². The first-order valence-electron chi connectivity index (χ1n) is 10.7. The Bertz CT molecular complexity index is 1190. The van der Waals surface area contributed by atoms with Crippen molar-refractivity contribution < 1.29 is 23.8 Å². The molecular formula is C26H23FN2O4. The van der Waals surface area contributed by atoms with Crippen molar-refractivity contribution in [2.24, 2.45) is 0 Å². The number of pyridine rings is 1. The summed E-state index contributed by atoms with van der Waals surface area (Å²) in [4.78, 5) is 31.8. The molecule has 6 nitrogen and oxygen atoms in total. The van der Waals surface area contributed by atoms with E-state index in [1.807, 2.05) is 6.92 Å². The Balaban J connectivity index is 1.79. The Morgan fingerprint density at radius 2 is 1.88 bits per heavy atom. The van der Waals surface area contributed by atoms with Gasteiger partial charge in [0.25, 0.3) is 11.7 Å². The molecule has 1 aliphatic rings. The number of ether oxygens (including phenoxy) is 1. The van der Waals surface area contributed by atoms with Crippen LogP contribution >= 0.6 is 0 Å². The van der Waals surface area contributed by atoms with Gasteiger partial charge in [-0.3, -0.25) is 14.6 Å². The summed E-state index contributed by atoms with van der Waals surface area (Å²) in [6.07, 6.45) is 2.39. The van der Waals surface area contributed by atoms with E-state index in [0.29, 0.717) is 29.2 Å². The average Bonchev–Trinajstić information content (AvgIpc) is 3.09. The second kappa shape index (κ2) is 9.65. The number of likely N-dealkylation sites (tertiary alicyclic amines) is 1. The van der Waals surface area contributed by atoms with Gasteiger partial charge in [0.15, 0.2) is 0 Å². The van der Waals surface area contributed by atoms with Crippen molar-refractivity contribution in [3.63, 3.8) is 0 Å². The fraction of sp³-hybridized carbons (Fsp3) is 0.192. The number of amides is 1. The van der Waals surface area contributed by atoms with Crippen LogP contribution in [0.25, 0.3) is 5.76 Å². The Labute approximate surface area is 191 Å². The molecule has 4 rings (SSSR count). The summed E-state index contributed by atoms with van der Waals surface area (Å²) >= 11 is 0. The van der Waals surface area contributed by atoms with E-state index in [4.69, 9.17) is 4.74 Å². The number of carbonyl (C=O) groups excluding carboxylic acids is 2. The first-order valence-corrected chi connectivity index (χ1v) is 10.7.